The van der Waals surface area contributed by atoms with Gasteiger partial charge in [0.15, 0.2) is 5.96 Å². The summed E-state index contributed by atoms with van der Waals surface area (Å²) < 4.78 is 0. The van der Waals surface area contributed by atoms with Crippen LogP contribution in [0.1, 0.15) is 33.3 Å². The lowest BCUT2D eigenvalue weighted by atomic mass is 10.00. The maximum Gasteiger partial charge on any atom is 0.191 e. The molecule has 23 heavy (non-hydrogen) atoms. The molecular formula is C16H31IN4OS. The monoisotopic (exact) mass is 454 g/mol. The fraction of sp³-hybridized carbons (Fsp3) is 0.688. The number of nitrogens with one attached hydrogen (secondary N) is 2. The Labute approximate surface area is 161 Å². The maximum absolute atomic E-state index is 10.5. The molecule has 0 saturated heterocycles. The van der Waals surface area contributed by atoms with Gasteiger partial charge in [-0.3, -0.25) is 0 Å². The van der Waals surface area contributed by atoms with Gasteiger partial charge < -0.3 is 20.6 Å². The summed E-state index contributed by atoms with van der Waals surface area (Å²) in [7, 11) is 0. The van der Waals surface area contributed by atoms with Crippen molar-refractivity contribution in [2.75, 3.05) is 39.3 Å². The van der Waals surface area contributed by atoms with Crippen molar-refractivity contribution in [1.82, 2.24) is 15.5 Å². The Kier molecular flexibility index (Phi) is 11.9. The minimum absolute atomic E-state index is 0. The Morgan fingerprint density at radius 2 is 2.00 bits per heavy atom. The third kappa shape index (κ3) is 8.32. The van der Waals surface area contributed by atoms with Gasteiger partial charge in [-0.2, -0.15) is 11.3 Å². The molecule has 0 aliphatic rings. The zero-order valence-electron chi connectivity index (χ0n) is 14.6. The van der Waals surface area contributed by atoms with Crippen LogP contribution in [0, 0.1) is 0 Å². The maximum atomic E-state index is 10.5. The highest BCUT2D eigenvalue weighted by atomic mass is 127. The number of nitrogens with zero attached hydrogens (tertiary/aromatic N) is 2. The molecule has 1 aromatic rings. The van der Waals surface area contributed by atoms with Crippen molar-refractivity contribution in [3.8, 4) is 0 Å². The molecule has 1 rings (SSSR count). The molecule has 0 aliphatic carbocycles. The fourth-order valence-electron chi connectivity index (χ4n) is 2.11. The first kappa shape index (κ1) is 22.6. The number of likely N-dealkylation sites (N-methyl/N-ethyl adjacent to an activating group) is 1. The third-order valence-electron chi connectivity index (χ3n) is 3.65. The number of rotatable bonds is 9. The number of aliphatic imine (C=N–C) groups is 1. The third-order valence-corrected chi connectivity index (χ3v) is 4.33. The van der Waals surface area contributed by atoms with Gasteiger partial charge in [0.1, 0.15) is 5.60 Å². The van der Waals surface area contributed by atoms with Crippen LogP contribution in [0.15, 0.2) is 21.8 Å². The van der Waals surface area contributed by atoms with Crippen LogP contribution in [0.4, 0.5) is 0 Å². The van der Waals surface area contributed by atoms with Crippen LogP contribution in [0.2, 0.25) is 0 Å². The van der Waals surface area contributed by atoms with Crippen molar-refractivity contribution >= 4 is 41.3 Å². The number of halogens is 1. The zero-order valence-corrected chi connectivity index (χ0v) is 17.8. The number of guanidine groups is 1. The highest BCUT2D eigenvalue weighted by molar-refractivity contribution is 14.0. The minimum atomic E-state index is -0.929. The van der Waals surface area contributed by atoms with E-state index in [0.717, 1.165) is 44.2 Å². The van der Waals surface area contributed by atoms with E-state index in [1.165, 1.54) is 0 Å². The van der Waals surface area contributed by atoms with Crippen LogP contribution >= 0.6 is 35.3 Å². The van der Waals surface area contributed by atoms with Gasteiger partial charge in [0.05, 0.1) is 6.54 Å². The zero-order chi connectivity index (χ0) is 16.4. The Bertz CT molecular complexity index is 433. The Morgan fingerprint density at radius 3 is 2.52 bits per heavy atom. The largest absolute Gasteiger partial charge is 0.383 e. The van der Waals surface area contributed by atoms with E-state index in [2.05, 4.69) is 34.4 Å². The van der Waals surface area contributed by atoms with Gasteiger partial charge in [-0.15, -0.1) is 24.0 Å². The van der Waals surface area contributed by atoms with Gasteiger partial charge in [-0.25, -0.2) is 4.99 Å². The number of hydrogen-bond acceptors (Lipinski definition) is 4. The first-order chi connectivity index (χ1) is 10.5. The van der Waals surface area contributed by atoms with Crippen LogP contribution in [0.5, 0.6) is 0 Å². The molecule has 1 atom stereocenters. The highest BCUT2D eigenvalue weighted by Gasteiger charge is 2.23. The van der Waals surface area contributed by atoms with Crippen LogP contribution in [-0.4, -0.2) is 55.2 Å². The summed E-state index contributed by atoms with van der Waals surface area (Å²) >= 11 is 1.59. The van der Waals surface area contributed by atoms with E-state index in [1.54, 1.807) is 18.3 Å². The molecule has 5 nitrogen and oxygen atoms in total. The molecule has 3 N–H and O–H groups in total. The van der Waals surface area contributed by atoms with Gasteiger partial charge in [-0.05, 0) is 49.3 Å². The number of thiophene rings is 1. The average Bonchev–Trinajstić information content (AvgIpc) is 3.04. The predicted octanol–water partition coefficient (Wildman–Crippen LogP) is 2.47. The molecule has 0 spiro atoms. The topological polar surface area (TPSA) is 59.9 Å². The van der Waals surface area contributed by atoms with Gasteiger partial charge in [0.25, 0.3) is 0 Å². The summed E-state index contributed by atoms with van der Waals surface area (Å²) in [6.07, 6.45) is 0. The molecule has 1 heterocycles. The standard InChI is InChI=1S/C16H30N4OS.HI/c1-5-17-15(18-9-10-20(6-2)7-3)19-13-16(4,21)14-8-11-22-12-14;/h8,11-12,21H,5-7,9-10,13H2,1-4H3,(H2,17,18,19);1H. The molecular weight excluding hydrogens is 423 g/mol. The number of hydrogen-bond donors (Lipinski definition) is 3. The molecule has 0 radical (unpaired) electrons. The molecule has 0 bridgehead atoms. The van der Waals surface area contributed by atoms with Gasteiger partial charge in [-0.1, -0.05) is 13.8 Å². The minimum Gasteiger partial charge on any atom is -0.383 e. The second-order valence-electron chi connectivity index (χ2n) is 5.43. The Morgan fingerprint density at radius 1 is 1.30 bits per heavy atom. The lowest BCUT2D eigenvalue weighted by Crippen LogP contribution is -2.42. The van der Waals surface area contributed by atoms with E-state index in [-0.39, 0.29) is 24.0 Å². The van der Waals surface area contributed by atoms with Crippen LogP contribution in [0.25, 0.3) is 0 Å². The van der Waals surface area contributed by atoms with E-state index in [4.69, 9.17) is 0 Å². The summed E-state index contributed by atoms with van der Waals surface area (Å²) in [4.78, 5) is 6.88. The van der Waals surface area contributed by atoms with E-state index in [1.807, 2.05) is 23.8 Å². The smallest absolute Gasteiger partial charge is 0.191 e. The Hall–Kier alpha value is -0.380. The summed E-state index contributed by atoms with van der Waals surface area (Å²) in [5.74, 6) is 0.755. The van der Waals surface area contributed by atoms with E-state index in [0.29, 0.717) is 6.54 Å². The van der Waals surface area contributed by atoms with E-state index in [9.17, 15) is 5.11 Å². The van der Waals surface area contributed by atoms with Gasteiger partial charge >= 0.3 is 0 Å². The average molecular weight is 454 g/mol. The fourth-order valence-corrected chi connectivity index (χ4v) is 2.89. The van der Waals surface area contributed by atoms with Crippen LogP contribution < -0.4 is 10.6 Å². The second kappa shape index (κ2) is 12.0. The predicted molar refractivity (Wildman–Crippen MR) is 111 cm³/mol. The van der Waals surface area contributed by atoms with Crippen molar-refractivity contribution in [2.45, 2.75) is 33.3 Å². The van der Waals surface area contributed by atoms with Crippen molar-refractivity contribution in [3.63, 3.8) is 0 Å². The van der Waals surface area contributed by atoms with Crippen molar-refractivity contribution in [2.24, 2.45) is 4.99 Å². The summed E-state index contributed by atoms with van der Waals surface area (Å²) in [5.41, 5.74) is -0.0125. The molecule has 0 amide bonds. The second-order valence-corrected chi connectivity index (χ2v) is 6.21. The molecule has 1 aromatic heterocycles. The lowest BCUT2D eigenvalue weighted by molar-refractivity contribution is 0.0677. The summed E-state index contributed by atoms with van der Waals surface area (Å²) in [6.45, 7) is 13.3. The molecule has 0 aromatic carbocycles. The molecule has 0 aliphatic heterocycles. The lowest BCUT2D eigenvalue weighted by Gasteiger charge is -2.22. The van der Waals surface area contributed by atoms with Gasteiger partial charge in [0, 0.05) is 19.6 Å². The Balaban J connectivity index is 0.00000484. The van der Waals surface area contributed by atoms with Crippen LogP contribution in [0.3, 0.4) is 0 Å². The van der Waals surface area contributed by atoms with Crippen molar-refractivity contribution in [1.29, 1.82) is 0 Å². The number of aliphatic hydroxyl groups is 1. The van der Waals surface area contributed by atoms with Crippen molar-refractivity contribution in [3.05, 3.63) is 22.4 Å². The van der Waals surface area contributed by atoms with Crippen molar-refractivity contribution < 1.29 is 5.11 Å². The molecule has 134 valence electrons. The van der Waals surface area contributed by atoms with Crippen LogP contribution in [-0.2, 0) is 5.60 Å². The highest BCUT2D eigenvalue weighted by Crippen LogP contribution is 2.23. The quantitative estimate of drug-likeness (QED) is 0.305. The molecule has 7 heteroatoms. The molecule has 0 saturated carbocycles. The molecule has 1 unspecified atom stereocenters. The van der Waals surface area contributed by atoms with E-state index >= 15 is 0 Å². The van der Waals surface area contributed by atoms with E-state index < -0.39 is 5.60 Å². The normalized spacial score (nSPS) is 14.3. The van der Waals surface area contributed by atoms with Gasteiger partial charge in [0.2, 0.25) is 0 Å². The SMILES string of the molecule is CCNC(=NCC(C)(O)c1ccsc1)NCCN(CC)CC.I. The summed E-state index contributed by atoms with van der Waals surface area (Å²) in [6, 6.07) is 1.95. The first-order valence-electron chi connectivity index (χ1n) is 8.03. The first-order valence-corrected chi connectivity index (χ1v) is 8.97. The molecule has 0 fully saturated rings. The summed E-state index contributed by atoms with van der Waals surface area (Å²) in [5, 5.41) is 21.0.